The molecule has 1 aromatic rings. The van der Waals surface area contributed by atoms with Crippen molar-refractivity contribution >= 4 is 23.5 Å². The van der Waals surface area contributed by atoms with Gasteiger partial charge in [0.05, 0.1) is 19.1 Å². The first-order chi connectivity index (χ1) is 11.1. The second kappa shape index (κ2) is 6.66. The highest BCUT2D eigenvalue weighted by Gasteiger charge is 2.42. The molecule has 2 N–H and O–H groups in total. The SMILES string of the molecule is COc1ccc(Cl)cc1CNC(=O)N1CCC[C@H]2C(=O)NC[C@H]21. The second-order valence-electron chi connectivity index (χ2n) is 5.87. The highest BCUT2D eigenvalue weighted by molar-refractivity contribution is 6.30. The first-order valence-electron chi connectivity index (χ1n) is 7.74. The quantitative estimate of drug-likeness (QED) is 0.883. The van der Waals surface area contributed by atoms with Gasteiger partial charge in [-0.2, -0.15) is 0 Å². The molecule has 3 rings (SSSR count). The lowest BCUT2D eigenvalue weighted by Gasteiger charge is -2.35. The Bertz CT molecular complexity index is 623. The zero-order chi connectivity index (χ0) is 16.4. The van der Waals surface area contributed by atoms with E-state index >= 15 is 0 Å². The molecule has 2 saturated heterocycles. The standard InChI is InChI=1S/C16H20ClN3O3/c1-23-14-5-4-11(17)7-10(14)8-19-16(22)20-6-2-3-12-13(20)9-18-15(12)21/h4-5,7,12-13H,2-3,6,8-9H2,1H3,(H,18,21)(H,19,22)/t12-,13-/m1/s1. The molecule has 0 saturated carbocycles. The smallest absolute Gasteiger partial charge is 0.318 e. The summed E-state index contributed by atoms with van der Waals surface area (Å²) in [6, 6.07) is 5.10. The number of halogens is 1. The highest BCUT2D eigenvalue weighted by atomic mass is 35.5. The largest absolute Gasteiger partial charge is 0.496 e. The molecule has 2 aliphatic rings. The summed E-state index contributed by atoms with van der Waals surface area (Å²) >= 11 is 6.00. The Morgan fingerprint density at radius 3 is 3.13 bits per heavy atom. The normalized spacial score (nSPS) is 23.2. The van der Waals surface area contributed by atoms with Crippen LogP contribution in [0.3, 0.4) is 0 Å². The first kappa shape index (κ1) is 15.9. The van der Waals surface area contributed by atoms with Crippen LogP contribution in [0.5, 0.6) is 5.75 Å². The van der Waals surface area contributed by atoms with Crippen LogP contribution >= 0.6 is 11.6 Å². The minimum absolute atomic E-state index is 0.0440. The number of amides is 3. The van der Waals surface area contributed by atoms with E-state index in [0.29, 0.717) is 30.4 Å². The van der Waals surface area contributed by atoms with Gasteiger partial charge in [0.15, 0.2) is 0 Å². The van der Waals surface area contributed by atoms with Gasteiger partial charge in [-0.15, -0.1) is 0 Å². The van der Waals surface area contributed by atoms with E-state index in [1.54, 1.807) is 30.2 Å². The molecule has 2 atom stereocenters. The van der Waals surface area contributed by atoms with Crippen molar-refractivity contribution in [2.24, 2.45) is 5.92 Å². The molecule has 2 heterocycles. The van der Waals surface area contributed by atoms with E-state index in [1.165, 1.54) is 0 Å². The molecule has 2 fully saturated rings. The maximum atomic E-state index is 12.5. The minimum Gasteiger partial charge on any atom is -0.496 e. The summed E-state index contributed by atoms with van der Waals surface area (Å²) in [6.45, 7) is 1.55. The Hall–Kier alpha value is -1.95. The van der Waals surface area contributed by atoms with Gasteiger partial charge in [0.25, 0.3) is 0 Å². The molecule has 1 aromatic carbocycles. The Morgan fingerprint density at radius 2 is 2.35 bits per heavy atom. The predicted molar refractivity (Wildman–Crippen MR) is 86.5 cm³/mol. The molecule has 0 bridgehead atoms. The van der Waals surface area contributed by atoms with E-state index in [4.69, 9.17) is 16.3 Å². The number of hydrogen-bond donors (Lipinski definition) is 2. The average Bonchev–Trinajstić information content (AvgIpc) is 2.94. The minimum atomic E-state index is -0.154. The third kappa shape index (κ3) is 3.22. The number of carbonyl (C=O) groups is 2. The van der Waals surface area contributed by atoms with Crippen LogP contribution in [0.25, 0.3) is 0 Å². The molecule has 124 valence electrons. The van der Waals surface area contributed by atoms with Crippen LogP contribution in [0.4, 0.5) is 4.79 Å². The summed E-state index contributed by atoms with van der Waals surface area (Å²) < 4.78 is 5.28. The van der Waals surface area contributed by atoms with Crippen molar-refractivity contribution in [2.75, 3.05) is 20.2 Å². The molecule has 2 aliphatic heterocycles. The molecular formula is C16H20ClN3O3. The van der Waals surface area contributed by atoms with Gasteiger partial charge in [-0.3, -0.25) is 4.79 Å². The van der Waals surface area contributed by atoms with E-state index in [0.717, 1.165) is 18.4 Å². The average molecular weight is 338 g/mol. The van der Waals surface area contributed by atoms with Gasteiger partial charge in [-0.25, -0.2) is 4.79 Å². The number of carbonyl (C=O) groups excluding carboxylic acids is 2. The number of nitrogens with one attached hydrogen (secondary N) is 2. The van der Waals surface area contributed by atoms with Crippen molar-refractivity contribution < 1.29 is 14.3 Å². The van der Waals surface area contributed by atoms with Crippen molar-refractivity contribution in [3.05, 3.63) is 28.8 Å². The van der Waals surface area contributed by atoms with Crippen LogP contribution in [0.15, 0.2) is 18.2 Å². The zero-order valence-corrected chi connectivity index (χ0v) is 13.7. The van der Waals surface area contributed by atoms with E-state index < -0.39 is 0 Å². The molecule has 0 spiro atoms. The summed E-state index contributed by atoms with van der Waals surface area (Å²) in [5.41, 5.74) is 0.822. The number of urea groups is 1. The van der Waals surface area contributed by atoms with Crippen molar-refractivity contribution in [3.8, 4) is 5.75 Å². The van der Waals surface area contributed by atoms with Gasteiger partial charge in [0, 0.05) is 30.2 Å². The summed E-state index contributed by atoms with van der Waals surface area (Å²) in [7, 11) is 1.58. The third-order valence-electron chi connectivity index (χ3n) is 4.53. The lowest BCUT2D eigenvalue weighted by Crippen LogP contribution is -2.52. The van der Waals surface area contributed by atoms with E-state index in [-0.39, 0.29) is 23.9 Å². The van der Waals surface area contributed by atoms with Crippen LogP contribution in [0.1, 0.15) is 18.4 Å². The summed E-state index contributed by atoms with van der Waals surface area (Å²) in [5.74, 6) is 0.670. The zero-order valence-electron chi connectivity index (χ0n) is 13.0. The maximum absolute atomic E-state index is 12.5. The number of ether oxygens (including phenoxy) is 1. The van der Waals surface area contributed by atoms with Crippen LogP contribution in [-0.2, 0) is 11.3 Å². The van der Waals surface area contributed by atoms with Crippen molar-refractivity contribution in [2.45, 2.75) is 25.4 Å². The number of nitrogens with zero attached hydrogens (tertiary/aromatic N) is 1. The number of benzene rings is 1. The lowest BCUT2D eigenvalue weighted by molar-refractivity contribution is -0.123. The van der Waals surface area contributed by atoms with E-state index in [2.05, 4.69) is 10.6 Å². The van der Waals surface area contributed by atoms with Crippen LogP contribution in [-0.4, -0.2) is 43.1 Å². The fraction of sp³-hybridized carbons (Fsp3) is 0.500. The number of likely N-dealkylation sites (tertiary alicyclic amines) is 1. The fourth-order valence-corrected chi connectivity index (χ4v) is 3.56. The number of hydrogen-bond acceptors (Lipinski definition) is 3. The van der Waals surface area contributed by atoms with E-state index in [9.17, 15) is 9.59 Å². The molecule has 7 heteroatoms. The van der Waals surface area contributed by atoms with Crippen molar-refractivity contribution in [3.63, 3.8) is 0 Å². The van der Waals surface area contributed by atoms with Gasteiger partial charge >= 0.3 is 6.03 Å². The second-order valence-corrected chi connectivity index (χ2v) is 6.31. The van der Waals surface area contributed by atoms with Gasteiger partial charge in [-0.1, -0.05) is 11.6 Å². The number of rotatable bonds is 3. The molecule has 0 aromatic heterocycles. The Kier molecular flexibility index (Phi) is 4.61. The van der Waals surface area contributed by atoms with Gasteiger partial charge in [0.2, 0.25) is 5.91 Å². The van der Waals surface area contributed by atoms with Gasteiger partial charge in [-0.05, 0) is 31.0 Å². The lowest BCUT2D eigenvalue weighted by atomic mass is 9.92. The van der Waals surface area contributed by atoms with Crippen molar-refractivity contribution in [1.29, 1.82) is 0 Å². The Labute approximate surface area is 140 Å². The van der Waals surface area contributed by atoms with Crippen LogP contribution < -0.4 is 15.4 Å². The molecular weight excluding hydrogens is 318 g/mol. The molecule has 0 radical (unpaired) electrons. The summed E-state index contributed by atoms with van der Waals surface area (Å²) in [6.07, 6.45) is 1.70. The Morgan fingerprint density at radius 1 is 1.52 bits per heavy atom. The molecule has 6 nitrogen and oxygen atoms in total. The first-order valence-corrected chi connectivity index (χ1v) is 8.12. The van der Waals surface area contributed by atoms with Gasteiger partial charge < -0.3 is 20.3 Å². The van der Waals surface area contributed by atoms with Gasteiger partial charge in [0.1, 0.15) is 5.75 Å². The number of methoxy groups -OCH3 is 1. The molecule has 0 aliphatic carbocycles. The third-order valence-corrected chi connectivity index (χ3v) is 4.77. The topological polar surface area (TPSA) is 70.7 Å². The maximum Gasteiger partial charge on any atom is 0.318 e. The summed E-state index contributed by atoms with van der Waals surface area (Å²) in [5, 5.41) is 6.35. The fourth-order valence-electron chi connectivity index (χ4n) is 3.36. The molecule has 3 amide bonds. The molecule has 0 unspecified atom stereocenters. The monoisotopic (exact) mass is 337 g/mol. The van der Waals surface area contributed by atoms with Crippen molar-refractivity contribution in [1.82, 2.24) is 15.5 Å². The Balaban J connectivity index is 1.65. The van der Waals surface area contributed by atoms with E-state index in [1.807, 2.05) is 0 Å². The highest BCUT2D eigenvalue weighted by Crippen LogP contribution is 2.27. The molecule has 23 heavy (non-hydrogen) atoms. The van der Waals surface area contributed by atoms with Crippen LogP contribution in [0.2, 0.25) is 5.02 Å². The number of fused-ring (bicyclic) bond motifs is 1. The summed E-state index contributed by atoms with van der Waals surface area (Å²) in [4.78, 5) is 26.1. The van der Waals surface area contributed by atoms with Crippen LogP contribution in [0, 0.1) is 5.92 Å². The number of piperidine rings is 1. The predicted octanol–water partition coefficient (Wildman–Crippen LogP) is 1.77.